The lowest BCUT2D eigenvalue weighted by Crippen LogP contribution is -2.12. The van der Waals surface area contributed by atoms with Crippen molar-refractivity contribution in [1.82, 2.24) is 4.98 Å². The first-order chi connectivity index (χ1) is 9.03. The number of nitrogens with zero attached hydrogens (tertiary/aromatic N) is 2. The van der Waals surface area contributed by atoms with Crippen LogP contribution in [0.25, 0.3) is 0 Å². The molecule has 0 N–H and O–H groups in total. The Morgan fingerprint density at radius 2 is 2.26 bits per heavy atom. The van der Waals surface area contributed by atoms with Crippen LogP contribution in [-0.2, 0) is 16.0 Å². The molecule has 0 bridgehead atoms. The van der Waals surface area contributed by atoms with E-state index in [1.165, 1.54) is 7.11 Å². The van der Waals surface area contributed by atoms with Crippen LogP contribution in [0.15, 0.2) is 6.07 Å². The minimum Gasteiger partial charge on any atom is -0.494 e. The molecule has 19 heavy (non-hydrogen) atoms. The molecule has 0 saturated heterocycles. The molecule has 0 saturated carbocycles. The number of rotatable bonds is 5. The van der Waals surface area contributed by atoms with E-state index in [4.69, 9.17) is 14.7 Å². The zero-order valence-corrected chi connectivity index (χ0v) is 10.4. The molecule has 0 spiro atoms. The molecule has 1 heterocycles. The smallest absolute Gasteiger partial charge is 0.312 e. The van der Waals surface area contributed by atoms with Crippen molar-refractivity contribution < 1.29 is 23.0 Å². The second-order valence-corrected chi connectivity index (χ2v) is 3.47. The molecule has 1 rings (SSSR count). The molecule has 1 aromatic rings. The summed E-state index contributed by atoms with van der Waals surface area (Å²) >= 11 is 0. The summed E-state index contributed by atoms with van der Waals surface area (Å²) < 4.78 is 35.3. The maximum atomic E-state index is 12.9. The molecule has 1 aromatic heterocycles. The van der Waals surface area contributed by atoms with E-state index in [1.807, 2.05) is 0 Å². The number of ether oxygens (including phenoxy) is 2. The predicted molar refractivity (Wildman–Crippen MR) is 60.8 cm³/mol. The quantitative estimate of drug-likeness (QED) is 0.765. The molecule has 0 aliphatic heterocycles. The summed E-state index contributed by atoms with van der Waals surface area (Å²) in [4.78, 5) is 15.2. The number of halogens is 2. The van der Waals surface area contributed by atoms with Crippen molar-refractivity contribution in [2.45, 2.75) is 19.8 Å². The summed E-state index contributed by atoms with van der Waals surface area (Å²) in [6.45, 7) is 1.79. The van der Waals surface area contributed by atoms with Crippen LogP contribution in [-0.4, -0.2) is 24.7 Å². The summed E-state index contributed by atoms with van der Waals surface area (Å²) in [6, 6.07) is 2.61. The van der Waals surface area contributed by atoms with Crippen LogP contribution < -0.4 is 4.74 Å². The highest BCUT2D eigenvalue weighted by Crippen LogP contribution is 2.32. The minimum atomic E-state index is -2.83. The van der Waals surface area contributed by atoms with Gasteiger partial charge in [-0.05, 0) is 13.0 Å². The third kappa shape index (κ3) is 3.61. The van der Waals surface area contributed by atoms with Gasteiger partial charge in [0.05, 0.1) is 31.4 Å². The van der Waals surface area contributed by atoms with E-state index < -0.39 is 18.0 Å². The van der Waals surface area contributed by atoms with Gasteiger partial charge in [-0.2, -0.15) is 5.26 Å². The van der Waals surface area contributed by atoms with Crippen molar-refractivity contribution in [3.63, 3.8) is 0 Å². The average Bonchev–Trinajstić information content (AvgIpc) is 2.37. The molecule has 0 amide bonds. The molecule has 7 heteroatoms. The standard InChI is InChI=1S/C12H12F2N2O3/c1-3-19-10(17)5-9-11(18-2)8(12(13)14)4-7(6-15)16-9/h4,12H,3,5H2,1-2H3. The molecule has 0 unspecified atom stereocenters. The molecule has 102 valence electrons. The second-order valence-electron chi connectivity index (χ2n) is 3.47. The Morgan fingerprint density at radius 1 is 1.58 bits per heavy atom. The van der Waals surface area contributed by atoms with E-state index in [1.54, 1.807) is 13.0 Å². The van der Waals surface area contributed by atoms with Gasteiger partial charge >= 0.3 is 5.97 Å². The molecule has 0 aliphatic carbocycles. The Balaban J connectivity index is 3.24. The fourth-order valence-electron chi connectivity index (χ4n) is 1.53. The normalized spacial score (nSPS) is 10.1. The van der Waals surface area contributed by atoms with Crippen molar-refractivity contribution in [3.05, 3.63) is 23.0 Å². The van der Waals surface area contributed by atoms with Gasteiger partial charge in [-0.15, -0.1) is 0 Å². The van der Waals surface area contributed by atoms with E-state index in [-0.39, 0.29) is 30.2 Å². The summed E-state index contributed by atoms with van der Waals surface area (Å²) in [7, 11) is 1.20. The van der Waals surface area contributed by atoms with E-state index in [0.717, 1.165) is 6.07 Å². The van der Waals surface area contributed by atoms with E-state index in [0.29, 0.717) is 0 Å². The lowest BCUT2D eigenvalue weighted by atomic mass is 10.1. The Hall–Kier alpha value is -2.23. The Morgan fingerprint density at radius 3 is 2.74 bits per heavy atom. The van der Waals surface area contributed by atoms with Gasteiger partial charge in [0.2, 0.25) is 0 Å². The highest BCUT2D eigenvalue weighted by molar-refractivity contribution is 5.73. The maximum Gasteiger partial charge on any atom is 0.312 e. The van der Waals surface area contributed by atoms with Crippen LogP contribution in [0, 0.1) is 11.3 Å². The zero-order valence-electron chi connectivity index (χ0n) is 10.4. The Labute approximate surface area is 108 Å². The summed E-state index contributed by atoms with van der Waals surface area (Å²) in [6.07, 6.45) is -3.15. The van der Waals surface area contributed by atoms with Gasteiger partial charge in [0.15, 0.2) is 0 Å². The second kappa shape index (κ2) is 6.64. The van der Waals surface area contributed by atoms with Crippen molar-refractivity contribution >= 4 is 5.97 Å². The highest BCUT2D eigenvalue weighted by Gasteiger charge is 2.22. The third-order valence-electron chi connectivity index (χ3n) is 2.24. The number of hydrogen-bond donors (Lipinski definition) is 0. The number of methoxy groups -OCH3 is 1. The van der Waals surface area contributed by atoms with Crippen LogP contribution >= 0.6 is 0 Å². The summed E-state index contributed by atoms with van der Waals surface area (Å²) in [5.74, 6) is -0.814. The van der Waals surface area contributed by atoms with Crippen molar-refractivity contribution in [2.24, 2.45) is 0 Å². The molecule has 0 aromatic carbocycles. The first-order valence-electron chi connectivity index (χ1n) is 5.45. The lowest BCUT2D eigenvalue weighted by molar-refractivity contribution is -0.142. The van der Waals surface area contributed by atoms with Crippen LogP contribution in [0.4, 0.5) is 8.78 Å². The van der Waals surface area contributed by atoms with E-state index in [2.05, 4.69) is 4.98 Å². The number of hydrogen-bond acceptors (Lipinski definition) is 5. The van der Waals surface area contributed by atoms with Crippen molar-refractivity contribution in [2.75, 3.05) is 13.7 Å². The largest absolute Gasteiger partial charge is 0.494 e. The lowest BCUT2D eigenvalue weighted by Gasteiger charge is -2.12. The minimum absolute atomic E-state index is 0.0321. The van der Waals surface area contributed by atoms with Crippen molar-refractivity contribution in [1.29, 1.82) is 5.26 Å². The van der Waals surface area contributed by atoms with Gasteiger partial charge < -0.3 is 9.47 Å². The zero-order chi connectivity index (χ0) is 14.4. The number of pyridine rings is 1. The SMILES string of the molecule is CCOC(=O)Cc1nc(C#N)cc(C(F)F)c1OC. The van der Waals surface area contributed by atoms with E-state index >= 15 is 0 Å². The highest BCUT2D eigenvalue weighted by atomic mass is 19.3. The van der Waals surface area contributed by atoms with Crippen LogP contribution in [0.1, 0.15) is 30.3 Å². The van der Waals surface area contributed by atoms with Gasteiger partial charge in [-0.3, -0.25) is 4.79 Å². The predicted octanol–water partition coefficient (Wildman–Crippen LogP) is 2.01. The van der Waals surface area contributed by atoms with Crippen molar-refractivity contribution in [3.8, 4) is 11.8 Å². The molecule has 5 nitrogen and oxygen atoms in total. The first kappa shape index (κ1) is 14.8. The van der Waals surface area contributed by atoms with E-state index in [9.17, 15) is 13.6 Å². The number of nitriles is 1. The van der Waals surface area contributed by atoms with Gasteiger partial charge in [-0.25, -0.2) is 13.8 Å². The number of alkyl halides is 2. The topological polar surface area (TPSA) is 72.2 Å². The van der Waals surface area contributed by atoms with Crippen LogP contribution in [0.3, 0.4) is 0 Å². The monoisotopic (exact) mass is 270 g/mol. The third-order valence-corrected chi connectivity index (χ3v) is 2.24. The fraction of sp³-hybridized carbons (Fsp3) is 0.417. The van der Waals surface area contributed by atoms with Gasteiger partial charge in [0, 0.05) is 0 Å². The molecule has 0 aliphatic rings. The number of carbonyl (C=O) groups is 1. The van der Waals surface area contributed by atoms with Crippen LogP contribution in [0.2, 0.25) is 0 Å². The van der Waals surface area contributed by atoms with Gasteiger partial charge in [-0.1, -0.05) is 0 Å². The fourth-order valence-corrected chi connectivity index (χ4v) is 1.53. The Bertz CT molecular complexity index is 512. The molecular formula is C12H12F2N2O3. The number of esters is 1. The molecule has 0 atom stereocenters. The van der Waals surface area contributed by atoms with Crippen LogP contribution in [0.5, 0.6) is 5.75 Å². The van der Waals surface area contributed by atoms with Gasteiger partial charge in [0.25, 0.3) is 6.43 Å². The number of aromatic nitrogens is 1. The molecule has 0 radical (unpaired) electrons. The van der Waals surface area contributed by atoms with Gasteiger partial charge in [0.1, 0.15) is 17.5 Å². The summed E-state index contributed by atoms with van der Waals surface area (Å²) in [5.41, 5.74) is -0.695. The Kier molecular flexibility index (Phi) is 5.18. The molecule has 0 fully saturated rings. The first-order valence-corrected chi connectivity index (χ1v) is 5.45. The molecular weight excluding hydrogens is 258 g/mol. The summed E-state index contributed by atoms with van der Waals surface area (Å²) in [5, 5.41) is 8.75. The number of carbonyl (C=O) groups excluding carboxylic acids is 1. The maximum absolute atomic E-state index is 12.9. The average molecular weight is 270 g/mol.